The van der Waals surface area contributed by atoms with Gasteiger partial charge in [-0.15, -0.1) is 0 Å². The van der Waals surface area contributed by atoms with Crippen molar-refractivity contribution in [3.8, 4) is 0 Å². The van der Waals surface area contributed by atoms with E-state index < -0.39 is 0 Å². The smallest absolute Gasteiger partial charge is 0.123 e. The zero-order valence-electron chi connectivity index (χ0n) is 10.7. The van der Waals surface area contributed by atoms with Crippen molar-refractivity contribution in [2.75, 3.05) is 11.9 Å². The lowest BCUT2D eigenvalue weighted by atomic mass is 9.87. The molecule has 1 nitrogen and oxygen atoms in total. The van der Waals surface area contributed by atoms with Gasteiger partial charge >= 0.3 is 0 Å². The second-order valence-electron chi connectivity index (χ2n) is 5.04. The molecule has 0 fully saturated rings. The van der Waals surface area contributed by atoms with E-state index in [1.807, 2.05) is 25.1 Å². The summed E-state index contributed by atoms with van der Waals surface area (Å²) < 4.78 is 13.0. The van der Waals surface area contributed by atoms with Gasteiger partial charge in [0, 0.05) is 23.2 Å². The number of nitrogens with one attached hydrogen (secondary N) is 1. The van der Waals surface area contributed by atoms with Crippen LogP contribution in [0.3, 0.4) is 0 Å². The summed E-state index contributed by atoms with van der Waals surface area (Å²) in [5.74, 6) is 0.198. The molecule has 1 aliphatic heterocycles. The lowest BCUT2D eigenvalue weighted by molar-refractivity contribution is 0.623. The fourth-order valence-electron chi connectivity index (χ4n) is 2.69. The van der Waals surface area contributed by atoms with E-state index in [9.17, 15) is 4.39 Å². The molecule has 1 N–H and O–H groups in total. The van der Waals surface area contributed by atoms with Crippen molar-refractivity contribution in [1.29, 1.82) is 0 Å². The van der Waals surface area contributed by atoms with Gasteiger partial charge in [-0.2, -0.15) is 0 Å². The van der Waals surface area contributed by atoms with Crippen molar-refractivity contribution in [3.05, 3.63) is 63.9 Å². The van der Waals surface area contributed by atoms with E-state index in [2.05, 4.69) is 11.4 Å². The Hall–Kier alpha value is -1.54. The molecular weight excluding hydrogens is 261 g/mol. The van der Waals surface area contributed by atoms with E-state index in [1.54, 1.807) is 0 Å². The molecule has 0 bridgehead atoms. The minimum absolute atomic E-state index is 0.185. The number of benzene rings is 2. The predicted molar refractivity (Wildman–Crippen MR) is 77.5 cm³/mol. The Morgan fingerprint density at radius 3 is 2.63 bits per heavy atom. The highest BCUT2D eigenvalue weighted by atomic mass is 35.5. The maximum absolute atomic E-state index is 13.0. The molecule has 1 unspecified atom stereocenters. The topological polar surface area (TPSA) is 12.0 Å². The monoisotopic (exact) mass is 275 g/mol. The second kappa shape index (κ2) is 4.86. The normalized spacial score (nSPS) is 17.7. The van der Waals surface area contributed by atoms with Crippen molar-refractivity contribution in [2.24, 2.45) is 0 Å². The van der Waals surface area contributed by atoms with Crippen molar-refractivity contribution >= 4 is 17.3 Å². The van der Waals surface area contributed by atoms with E-state index >= 15 is 0 Å². The molecule has 3 heteroatoms. The first kappa shape index (κ1) is 12.5. The first-order valence-corrected chi connectivity index (χ1v) is 6.80. The van der Waals surface area contributed by atoms with Crippen LogP contribution in [0.4, 0.5) is 10.1 Å². The summed E-state index contributed by atoms with van der Waals surface area (Å²) in [4.78, 5) is 0. The number of anilines is 1. The summed E-state index contributed by atoms with van der Waals surface area (Å²) in [6.45, 7) is 2.90. The molecule has 0 saturated heterocycles. The van der Waals surface area contributed by atoms with Gasteiger partial charge in [0.15, 0.2) is 0 Å². The lowest BCUT2D eigenvalue weighted by Crippen LogP contribution is -2.22. The van der Waals surface area contributed by atoms with Gasteiger partial charge in [-0.3, -0.25) is 0 Å². The van der Waals surface area contributed by atoms with Crippen LogP contribution in [0.25, 0.3) is 0 Å². The fourth-order valence-corrected chi connectivity index (χ4v) is 2.85. The third kappa shape index (κ3) is 2.33. The zero-order chi connectivity index (χ0) is 13.4. The molecule has 98 valence electrons. The number of hydrogen-bond donors (Lipinski definition) is 1. The average molecular weight is 276 g/mol. The Balaban J connectivity index is 1.90. The third-order valence-corrected chi connectivity index (χ3v) is 4.23. The third-order valence-electron chi connectivity index (χ3n) is 3.82. The van der Waals surface area contributed by atoms with Gasteiger partial charge in [0.25, 0.3) is 0 Å². The van der Waals surface area contributed by atoms with Crippen LogP contribution in [0.1, 0.15) is 22.6 Å². The van der Waals surface area contributed by atoms with Gasteiger partial charge in [0.2, 0.25) is 0 Å². The molecule has 2 aromatic rings. The summed E-state index contributed by atoms with van der Waals surface area (Å²) >= 11 is 6.13. The predicted octanol–water partition coefficient (Wildman–Crippen LogP) is 4.54. The van der Waals surface area contributed by atoms with Crippen LogP contribution in [0, 0.1) is 12.7 Å². The van der Waals surface area contributed by atoms with Crippen LogP contribution in [-0.4, -0.2) is 6.54 Å². The number of hydrogen-bond acceptors (Lipinski definition) is 1. The van der Waals surface area contributed by atoms with Crippen molar-refractivity contribution < 1.29 is 4.39 Å². The summed E-state index contributed by atoms with van der Waals surface area (Å²) in [5.41, 5.74) is 4.72. The molecule has 1 heterocycles. The molecule has 0 aliphatic carbocycles. The van der Waals surface area contributed by atoms with E-state index in [4.69, 9.17) is 11.6 Å². The molecule has 3 rings (SSSR count). The zero-order valence-corrected chi connectivity index (χ0v) is 11.5. The quantitative estimate of drug-likeness (QED) is 0.806. The van der Waals surface area contributed by atoms with Gasteiger partial charge in [0.1, 0.15) is 5.82 Å². The molecular formula is C16H15ClFN. The van der Waals surface area contributed by atoms with Gasteiger partial charge in [-0.1, -0.05) is 29.8 Å². The second-order valence-corrected chi connectivity index (χ2v) is 5.45. The molecule has 0 radical (unpaired) electrons. The van der Waals surface area contributed by atoms with E-state index in [1.165, 1.54) is 23.3 Å². The standard InChI is InChI=1S/C16H15ClFN/c1-10-15(17)7-4-12-8-13(9-19-16(10)12)11-2-5-14(18)6-3-11/h2-7,13,19H,8-9H2,1H3. The highest BCUT2D eigenvalue weighted by Crippen LogP contribution is 2.35. The van der Waals surface area contributed by atoms with Crippen LogP contribution in [-0.2, 0) is 6.42 Å². The molecule has 0 saturated carbocycles. The highest BCUT2D eigenvalue weighted by molar-refractivity contribution is 6.31. The SMILES string of the molecule is Cc1c(Cl)ccc2c1NCC(c1ccc(F)cc1)C2. The maximum Gasteiger partial charge on any atom is 0.123 e. The minimum Gasteiger partial charge on any atom is -0.384 e. The molecule has 0 spiro atoms. The van der Waals surface area contributed by atoms with E-state index in [0.717, 1.165) is 29.2 Å². The maximum atomic E-state index is 13.0. The minimum atomic E-state index is -0.185. The van der Waals surface area contributed by atoms with Gasteiger partial charge in [-0.05, 0) is 48.2 Å². The summed E-state index contributed by atoms with van der Waals surface area (Å²) in [6.07, 6.45) is 0.964. The first-order valence-electron chi connectivity index (χ1n) is 6.42. The Labute approximate surface area is 117 Å². The van der Waals surface area contributed by atoms with Crippen molar-refractivity contribution in [1.82, 2.24) is 0 Å². The lowest BCUT2D eigenvalue weighted by Gasteiger charge is -2.28. The van der Waals surface area contributed by atoms with Crippen LogP contribution >= 0.6 is 11.6 Å². The number of rotatable bonds is 1. The molecule has 0 aromatic heterocycles. The molecule has 1 atom stereocenters. The summed E-state index contributed by atoms with van der Waals surface area (Å²) in [5, 5.41) is 4.25. The van der Waals surface area contributed by atoms with Crippen LogP contribution < -0.4 is 5.32 Å². The van der Waals surface area contributed by atoms with Gasteiger partial charge in [0.05, 0.1) is 0 Å². The van der Waals surface area contributed by atoms with Crippen LogP contribution in [0.2, 0.25) is 5.02 Å². The number of fused-ring (bicyclic) bond motifs is 1. The summed E-state index contributed by atoms with van der Waals surface area (Å²) in [7, 11) is 0. The Bertz CT molecular complexity index is 607. The summed E-state index contributed by atoms with van der Waals surface area (Å²) in [6, 6.07) is 10.8. The molecule has 1 aliphatic rings. The van der Waals surface area contributed by atoms with Crippen molar-refractivity contribution in [2.45, 2.75) is 19.3 Å². The van der Waals surface area contributed by atoms with Crippen molar-refractivity contribution in [3.63, 3.8) is 0 Å². The average Bonchev–Trinajstić information content (AvgIpc) is 2.43. The van der Waals surface area contributed by atoms with Gasteiger partial charge < -0.3 is 5.32 Å². The Morgan fingerprint density at radius 1 is 1.16 bits per heavy atom. The van der Waals surface area contributed by atoms with E-state index in [0.29, 0.717) is 5.92 Å². The fraction of sp³-hybridized carbons (Fsp3) is 0.250. The Kier molecular flexibility index (Phi) is 3.19. The van der Waals surface area contributed by atoms with Crippen LogP contribution in [0.15, 0.2) is 36.4 Å². The highest BCUT2D eigenvalue weighted by Gasteiger charge is 2.21. The Morgan fingerprint density at radius 2 is 1.89 bits per heavy atom. The first-order chi connectivity index (χ1) is 9.15. The largest absolute Gasteiger partial charge is 0.384 e. The molecule has 2 aromatic carbocycles. The van der Waals surface area contributed by atoms with E-state index in [-0.39, 0.29) is 5.82 Å². The molecule has 0 amide bonds. The van der Waals surface area contributed by atoms with Crippen LogP contribution in [0.5, 0.6) is 0 Å². The van der Waals surface area contributed by atoms with Gasteiger partial charge in [-0.25, -0.2) is 4.39 Å². The number of halogens is 2. The molecule has 19 heavy (non-hydrogen) atoms.